The van der Waals surface area contributed by atoms with E-state index in [4.69, 9.17) is 0 Å². The maximum Gasteiger partial charge on any atom is 0.00983 e. The Bertz CT molecular complexity index is 209. The largest absolute Gasteiger partial charge is 0.316 e. The lowest BCUT2D eigenvalue weighted by Crippen LogP contribution is -2.40. The standard InChI is InChI=1S/C13H24N2/c1-15-12-2-3-13(15)8-11(7-12)6-10-4-5-14-9-10/h10-14H,2-9H2,1H3. The van der Waals surface area contributed by atoms with Gasteiger partial charge in [0, 0.05) is 12.1 Å². The highest BCUT2D eigenvalue weighted by Gasteiger charge is 2.38. The zero-order chi connectivity index (χ0) is 10.3. The fraction of sp³-hybridized carbons (Fsp3) is 1.00. The highest BCUT2D eigenvalue weighted by molar-refractivity contribution is 4.94. The fourth-order valence-corrected chi connectivity index (χ4v) is 4.10. The Kier molecular flexibility index (Phi) is 2.73. The van der Waals surface area contributed by atoms with Gasteiger partial charge in [0.05, 0.1) is 0 Å². The van der Waals surface area contributed by atoms with Gasteiger partial charge in [-0.2, -0.15) is 0 Å². The molecule has 0 aliphatic carbocycles. The number of hydrogen-bond acceptors (Lipinski definition) is 2. The first kappa shape index (κ1) is 10.1. The molecular weight excluding hydrogens is 184 g/mol. The van der Waals surface area contributed by atoms with Gasteiger partial charge in [-0.1, -0.05) is 0 Å². The molecule has 0 aromatic rings. The van der Waals surface area contributed by atoms with E-state index < -0.39 is 0 Å². The van der Waals surface area contributed by atoms with Crippen molar-refractivity contribution in [2.75, 3.05) is 20.1 Å². The number of hydrogen-bond donors (Lipinski definition) is 1. The Morgan fingerprint density at radius 3 is 2.40 bits per heavy atom. The maximum atomic E-state index is 3.50. The first-order valence-corrected chi connectivity index (χ1v) is 6.75. The molecule has 3 aliphatic rings. The van der Waals surface area contributed by atoms with Crippen molar-refractivity contribution in [3.8, 4) is 0 Å². The summed E-state index contributed by atoms with van der Waals surface area (Å²) in [6.07, 6.45) is 8.86. The molecule has 0 aromatic carbocycles. The predicted molar refractivity (Wildman–Crippen MR) is 62.9 cm³/mol. The number of nitrogens with zero attached hydrogens (tertiary/aromatic N) is 1. The van der Waals surface area contributed by atoms with Crippen molar-refractivity contribution in [1.82, 2.24) is 10.2 Å². The molecule has 3 rings (SSSR count). The van der Waals surface area contributed by atoms with Gasteiger partial charge in [0.15, 0.2) is 0 Å². The highest BCUT2D eigenvalue weighted by Crippen LogP contribution is 2.40. The summed E-state index contributed by atoms with van der Waals surface area (Å²) < 4.78 is 0. The van der Waals surface area contributed by atoms with Crippen LogP contribution >= 0.6 is 0 Å². The Morgan fingerprint density at radius 2 is 1.80 bits per heavy atom. The molecule has 2 heteroatoms. The molecule has 3 heterocycles. The molecule has 3 fully saturated rings. The van der Waals surface area contributed by atoms with Crippen molar-refractivity contribution < 1.29 is 0 Å². The zero-order valence-electron chi connectivity index (χ0n) is 9.91. The Hall–Kier alpha value is -0.0800. The highest BCUT2D eigenvalue weighted by atomic mass is 15.2. The summed E-state index contributed by atoms with van der Waals surface area (Å²) in [5.74, 6) is 2.04. The molecule has 15 heavy (non-hydrogen) atoms. The normalized spacial score (nSPS) is 46.2. The molecule has 3 atom stereocenters. The lowest BCUT2D eigenvalue weighted by atomic mass is 9.83. The summed E-state index contributed by atoms with van der Waals surface area (Å²) in [5, 5.41) is 3.50. The quantitative estimate of drug-likeness (QED) is 0.745. The van der Waals surface area contributed by atoms with Crippen molar-refractivity contribution >= 4 is 0 Å². The van der Waals surface area contributed by atoms with Crippen LogP contribution in [0.2, 0.25) is 0 Å². The Morgan fingerprint density at radius 1 is 1.07 bits per heavy atom. The van der Waals surface area contributed by atoms with E-state index in [1.54, 1.807) is 0 Å². The van der Waals surface area contributed by atoms with Crippen LogP contribution < -0.4 is 5.32 Å². The Balaban J connectivity index is 1.55. The number of piperidine rings is 1. The van der Waals surface area contributed by atoms with Gasteiger partial charge < -0.3 is 10.2 Å². The molecule has 0 radical (unpaired) electrons. The molecule has 3 unspecified atom stereocenters. The number of rotatable bonds is 2. The van der Waals surface area contributed by atoms with Crippen LogP contribution in [0.1, 0.15) is 38.5 Å². The van der Waals surface area contributed by atoms with Crippen LogP contribution in [0.4, 0.5) is 0 Å². The van der Waals surface area contributed by atoms with Gasteiger partial charge in [-0.3, -0.25) is 0 Å². The van der Waals surface area contributed by atoms with Gasteiger partial charge in [0.2, 0.25) is 0 Å². The molecule has 0 spiro atoms. The molecule has 2 nitrogen and oxygen atoms in total. The smallest absolute Gasteiger partial charge is 0.00983 e. The molecule has 1 N–H and O–H groups in total. The molecule has 2 bridgehead atoms. The van der Waals surface area contributed by atoms with E-state index >= 15 is 0 Å². The maximum absolute atomic E-state index is 3.50. The van der Waals surface area contributed by atoms with Crippen molar-refractivity contribution in [3.63, 3.8) is 0 Å². The summed E-state index contributed by atoms with van der Waals surface area (Å²) in [6.45, 7) is 2.56. The molecule has 0 saturated carbocycles. The molecule has 3 saturated heterocycles. The first-order chi connectivity index (χ1) is 7.33. The SMILES string of the molecule is CN1C2CCC1CC(CC1CCNC1)C2. The summed E-state index contributed by atoms with van der Waals surface area (Å²) >= 11 is 0. The van der Waals surface area contributed by atoms with Gasteiger partial charge in [0.1, 0.15) is 0 Å². The second-order valence-electron chi connectivity index (χ2n) is 5.98. The summed E-state index contributed by atoms with van der Waals surface area (Å²) in [6, 6.07) is 1.87. The van der Waals surface area contributed by atoms with Gasteiger partial charge in [-0.05, 0) is 70.5 Å². The van der Waals surface area contributed by atoms with Gasteiger partial charge in [0.25, 0.3) is 0 Å². The van der Waals surface area contributed by atoms with Gasteiger partial charge in [-0.25, -0.2) is 0 Å². The summed E-state index contributed by atoms with van der Waals surface area (Å²) in [5.41, 5.74) is 0. The average Bonchev–Trinajstić information content (AvgIpc) is 2.76. The lowest BCUT2D eigenvalue weighted by Gasteiger charge is -2.37. The van der Waals surface area contributed by atoms with Crippen LogP contribution in [0, 0.1) is 11.8 Å². The van der Waals surface area contributed by atoms with E-state index in [1.807, 2.05) is 0 Å². The number of fused-ring (bicyclic) bond motifs is 2. The average molecular weight is 208 g/mol. The third-order valence-electron chi connectivity index (χ3n) is 5.02. The minimum Gasteiger partial charge on any atom is -0.316 e. The third-order valence-corrected chi connectivity index (χ3v) is 5.02. The van der Waals surface area contributed by atoms with Crippen molar-refractivity contribution in [2.45, 2.75) is 50.6 Å². The lowest BCUT2D eigenvalue weighted by molar-refractivity contribution is 0.121. The minimum absolute atomic E-state index is 0.933. The fourth-order valence-electron chi connectivity index (χ4n) is 4.10. The van der Waals surface area contributed by atoms with Crippen molar-refractivity contribution in [3.05, 3.63) is 0 Å². The third kappa shape index (κ3) is 1.94. The van der Waals surface area contributed by atoms with E-state index in [-0.39, 0.29) is 0 Å². The van der Waals surface area contributed by atoms with Crippen molar-refractivity contribution in [1.29, 1.82) is 0 Å². The van der Waals surface area contributed by atoms with E-state index in [0.717, 1.165) is 23.9 Å². The monoisotopic (exact) mass is 208 g/mol. The van der Waals surface area contributed by atoms with Crippen LogP contribution in [0.25, 0.3) is 0 Å². The van der Waals surface area contributed by atoms with Crippen molar-refractivity contribution in [2.24, 2.45) is 11.8 Å². The van der Waals surface area contributed by atoms with Crippen LogP contribution in [0.5, 0.6) is 0 Å². The Labute approximate surface area is 93.4 Å². The molecule has 3 aliphatic heterocycles. The summed E-state index contributed by atoms with van der Waals surface area (Å²) in [7, 11) is 2.34. The number of nitrogens with one attached hydrogen (secondary N) is 1. The molecule has 86 valence electrons. The predicted octanol–water partition coefficient (Wildman–Crippen LogP) is 1.86. The second kappa shape index (κ2) is 4.06. The molecule has 0 amide bonds. The van der Waals surface area contributed by atoms with E-state index in [1.165, 1.54) is 51.6 Å². The molecular formula is C13H24N2. The van der Waals surface area contributed by atoms with Gasteiger partial charge in [-0.15, -0.1) is 0 Å². The first-order valence-electron chi connectivity index (χ1n) is 6.75. The van der Waals surface area contributed by atoms with E-state index in [9.17, 15) is 0 Å². The van der Waals surface area contributed by atoms with E-state index in [0.29, 0.717) is 0 Å². The minimum atomic E-state index is 0.933. The zero-order valence-corrected chi connectivity index (χ0v) is 9.91. The van der Waals surface area contributed by atoms with Crippen LogP contribution in [0.15, 0.2) is 0 Å². The van der Waals surface area contributed by atoms with Crippen LogP contribution in [-0.4, -0.2) is 37.1 Å². The van der Waals surface area contributed by atoms with Crippen LogP contribution in [-0.2, 0) is 0 Å². The second-order valence-corrected chi connectivity index (χ2v) is 5.98. The van der Waals surface area contributed by atoms with E-state index in [2.05, 4.69) is 17.3 Å². The molecule has 0 aromatic heterocycles. The van der Waals surface area contributed by atoms with Gasteiger partial charge >= 0.3 is 0 Å². The van der Waals surface area contributed by atoms with Crippen LogP contribution in [0.3, 0.4) is 0 Å². The topological polar surface area (TPSA) is 15.3 Å². The summed E-state index contributed by atoms with van der Waals surface area (Å²) in [4.78, 5) is 2.66.